The van der Waals surface area contributed by atoms with Crippen molar-refractivity contribution in [2.45, 2.75) is 19.3 Å². The van der Waals surface area contributed by atoms with Gasteiger partial charge in [-0.3, -0.25) is 4.90 Å². The van der Waals surface area contributed by atoms with E-state index in [1.807, 2.05) is 42.5 Å². The summed E-state index contributed by atoms with van der Waals surface area (Å²) in [4.78, 5) is 2.53. The van der Waals surface area contributed by atoms with Crippen LogP contribution in [0.3, 0.4) is 0 Å². The van der Waals surface area contributed by atoms with Crippen molar-refractivity contribution in [3.05, 3.63) is 77.3 Å². The molecule has 1 saturated heterocycles. The molecule has 0 atom stereocenters. The molecule has 1 aliphatic heterocycles. The zero-order valence-corrected chi connectivity index (χ0v) is 15.4. The summed E-state index contributed by atoms with van der Waals surface area (Å²) in [6, 6.07) is 18.3. The highest BCUT2D eigenvalue weighted by atomic mass is 35.5. The van der Waals surface area contributed by atoms with Crippen LogP contribution in [0.25, 0.3) is 0 Å². The SMILES string of the molecule is Clc1ccc(CC2CCN(CC=CCOc3ccccc3)CC2)cc1. The molecule has 25 heavy (non-hydrogen) atoms. The summed E-state index contributed by atoms with van der Waals surface area (Å²) in [5.41, 5.74) is 1.40. The van der Waals surface area contributed by atoms with Gasteiger partial charge in [-0.25, -0.2) is 0 Å². The summed E-state index contributed by atoms with van der Waals surface area (Å²) in [6.07, 6.45) is 8.06. The Morgan fingerprint density at radius 2 is 1.68 bits per heavy atom. The van der Waals surface area contributed by atoms with Crippen molar-refractivity contribution in [1.29, 1.82) is 0 Å². The van der Waals surface area contributed by atoms with Gasteiger partial charge in [0.1, 0.15) is 12.4 Å². The van der Waals surface area contributed by atoms with Crippen molar-refractivity contribution >= 4 is 11.6 Å². The maximum atomic E-state index is 5.96. The maximum absolute atomic E-state index is 5.96. The zero-order valence-electron chi connectivity index (χ0n) is 14.6. The van der Waals surface area contributed by atoms with Gasteiger partial charge in [0.25, 0.3) is 0 Å². The first kappa shape index (κ1) is 18.0. The smallest absolute Gasteiger partial charge is 0.119 e. The first-order valence-electron chi connectivity index (χ1n) is 9.09. The number of halogens is 1. The summed E-state index contributed by atoms with van der Waals surface area (Å²) < 4.78 is 5.67. The summed E-state index contributed by atoms with van der Waals surface area (Å²) in [7, 11) is 0. The van der Waals surface area contributed by atoms with Gasteiger partial charge < -0.3 is 4.74 Å². The lowest BCUT2D eigenvalue weighted by molar-refractivity contribution is 0.200. The average Bonchev–Trinajstić information content (AvgIpc) is 2.65. The van der Waals surface area contributed by atoms with Gasteiger partial charge in [-0.2, -0.15) is 0 Å². The van der Waals surface area contributed by atoms with Crippen molar-refractivity contribution in [3.8, 4) is 5.75 Å². The standard InChI is InChI=1S/C22H26ClNO/c23-21-10-8-19(9-11-21)18-20-12-15-24(16-13-20)14-4-5-17-25-22-6-2-1-3-7-22/h1-11,20H,12-18H2. The van der Waals surface area contributed by atoms with Crippen molar-refractivity contribution < 1.29 is 4.74 Å². The third-order valence-corrected chi connectivity index (χ3v) is 5.02. The van der Waals surface area contributed by atoms with E-state index in [-0.39, 0.29) is 0 Å². The molecule has 132 valence electrons. The molecule has 0 radical (unpaired) electrons. The highest BCUT2D eigenvalue weighted by Gasteiger charge is 2.18. The second-order valence-electron chi connectivity index (χ2n) is 6.67. The number of hydrogen-bond acceptors (Lipinski definition) is 2. The van der Waals surface area contributed by atoms with E-state index in [1.54, 1.807) is 0 Å². The van der Waals surface area contributed by atoms with E-state index in [9.17, 15) is 0 Å². The summed E-state index contributed by atoms with van der Waals surface area (Å²) >= 11 is 5.96. The van der Waals surface area contributed by atoms with Gasteiger partial charge >= 0.3 is 0 Å². The fraction of sp³-hybridized carbons (Fsp3) is 0.364. The number of nitrogens with zero attached hydrogens (tertiary/aromatic N) is 1. The van der Waals surface area contributed by atoms with E-state index in [0.29, 0.717) is 6.61 Å². The van der Waals surface area contributed by atoms with Crippen LogP contribution in [-0.2, 0) is 6.42 Å². The molecule has 1 heterocycles. The fourth-order valence-corrected chi connectivity index (χ4v) is 3.41. The molecule has 0 N–H and O–H groups in total. The highest BCUT2D eigenvalue weighted by molar-refractivity contribution is 6.30. The third kappa shape index (κ3) is 6.22. The Bertz CT molecular complexity index is 645. The molecule has 1 aliphatic rings. The van der Waals surface area contributed by atoms with Gasteiger partial charge in [0.2, 0.25) is 0 Å². The van der Waals surface area contributed by atoms with Crippen LogP contribution < -0.4 is 4.74 Å². The number of hydrogen-bond donors (Lipinski definition) is 0. The van der Waals surface area contributed by atoms with Crippen LogP contribution in [0, 0.1) is 5.92 Å². The fourth-order valence-electron chi connectivity index (χ4n) is 3.28. The highest BCUT2D eigenvalue weighted by Crippen LogP contribution is 2.22. The number of para-hydroxylation sites is 1. The van der Waals surface area contributed by atoms with Crippen molar-refractivity contribution in [2.75, 3.05) is 26.2 Å². The molecule has 2 aromatic rings. The van der Waals surface area contributed by atoms with Crippen LogP contribution in [0.15, 0.2) is 66.7 Å². The molecule has 0 aliphatic carbocycles. The Labute approximate surface area is 156 Å². The van der Waals surface area contributed by atoms with Gasteiger partial charge in [0.15, 0.2) is 0 Å². The first-order chi connectivity index (χ1) is 12.3. The van der Waals surface area contributed by atoms with Crippen LogP contribution in [0.5, 0.6) is 5.75 Å². The van der Waals surface area contributed by atoms with Gasteiger partial charge in [-0.1, -0.05) is 54.1 Å². The number of rotatable bonds is 7. The van der Waals surface area contributed by atoms with E-state index in [0.717, 1.165) is 23.2 Å². The first-order valence-corrected chi connectivity index (χ1v) is 9.47. The molecule has 0 spiro atoms. The topological polar surface area (TPSA) is 12.5 Å². The molecular formula is C22H26ClNO. The van der Waals surface area contributed by atoms with Crippen LogP contribution >= 0.6 is 11.6 Å². The van der Waals surface area contributed by atoms with Crippen LogP contribution in [0.2, 0.25) is 5.02 Å². The Morgan fingerprint density at radius 1 is 0.960 bits per heavy atom. The van der Waals surface area contributed by atoms with E-state index >= 15 is 0 Å². The minimum atomic E-state index is 0.636. The molecule has 0 bridgehead atoms. The lowest BCUT2D eigenvalue weighted by Gasteiger charge is -2.31. The molecule has 2 aromatic carbocycles. The second-order valence-corrected chi connectivity index (χ2v) is 7.11. The largest absolute Gasteiger partial charge is 0.490 e. The molecule has 1 fully saturated rings. The van der Waals surface area contributed by atoms with E-state index in [1.165, 1.54) is 37.9 Å². The average molecular weight is 356 g/mol. The number of likely N-dealkylation sites (tertiary alicyclic amines) is 1. The molecule has 3 rings (SSSR count). The van der Waals surface area contributed by atoms with Gasteiger partial charge in [0, 0.05) is 11.6 Å². The number of benzene rings is 2. The van der Waals surface area contributed by atoms with Crippen LogP contribution in [0.1, 0.15) is 18.4 Å². The maximum Gasteiger partial charge on any atom is 0.119 e. The number of ether oxygens (including phenoxy) is 1. The molecule has 0 amide bonds. The summed E-state index contributed by atoms with van der Waals surface area (Å²) in [5, 5.41) is 0.821. The zero-order chi connectivity index (χ0) is 17.3. The molecule has 0 saturated carbocycles. The lowest BCUT2D eigenvalue weighted by Crippen LogP contribution is -2.34. The minimum Gasteiger partial charge on any atom is -0.490 e. The van der Waals surface area contributed by atoms with Crippen molar-refractivity contribution in [3.63, 3.8) is 0 Å². The van der Waals surface area contributed by atoms with E-state index in [2.05, 4.69) is 29.2 Å². The number of piperidine rings is 1. The summed E-state index contributed by atoms with van der Waals surface area (Å²) in [6.45, 7) is 4.02. The predicted octanol–water partition coefficient (Wildman–Crippen LogP) is 5.23. The van der Waals surface area contributed by atoms with Gasteiger partial charge in [0.05, 0.1) is 0 Å². The molecule has 0 unspecified atom stereocenters. The van der Waals surface area contributed by atoms with E-state index < -0.39 is 0 Å². The van der Waals surface area contributed by atoms with Crippen molar-refractivity contribution in [2.24, 2.45) is 5.92 Å². The van der Waals surface area contributed by atoms with Crippen molar-refractivity contribution in [1.82, 2.24) is 4.90 Å². The molecule has 2 nitrogen and oxygen atoms in total. The quantitative estimate of drug-likeness (QED) is 0.630. The Kier molecular flexibility index (Phi) is 6.96. The third-order valence-electron chi connectivity index (χ3n) is 4.76. The summed E-state index contributed by atoms with van der Waals surface area (Å²) in [5.74, 6) is 1.72. The molecular weight excluding hydrogens is 330 g/mol. The van der Waals surface area contributed by atoms with Gasteiger partial charge in [-0.05, 0) is 68.1 Å². The monoisotopic (exact) mass is 355 g/mol. The molecule has 3 heteroatoms. The molecule has 0 aromatic heterocycles. The van der Waals surface area contributed by atoms with Crippen LogP contribution in [-0.4, -0.2) is 31.1 Å². The predicted molar refractivity (Wildman–Crippen MR) is 105 cm³/mol. The van der Waals surface area contributed by atoms with E-state index in [4.69, 9.17) is 16.3 Å². The minimum absolute atomic E-state index is 0.636. The normalized spacial score (nSPS) is 16.4. The Hall–Kier alpha value is -1.77. The Morgan fingerprint density at radius 3 is 2.40 bits per heavy atom. The lowest BCUT2D eigenvalue weighted by atomic mass is 9.90. The Balaban J connectivity index is 1.32. The second kappa shape index (κ2) is 9.65. The van der Waals surface area contributed by atoms with Crippen LogP contribution in [0.4, 0.5) is 0 Å². The van der Waals surface area contributed by atoms with Gasteiger partial charge in [-0.15, -0.1) is 0 Å².